The Morgan fingerprint density at radius 2 is 1.64 bits per heavy atom. The van der Waals surface area contributed by atoms with Gasteiger partial charge in [0.2, 0.25) is 0 Å². The van der Waals surface area contributed by atoms with E-state index in [1.165, 1.54) is 6.21 Å². The van der Waals surface area contributed by atoms with Crippen molar-refractivity contribution in [3.63, 3.8) is 0 Å². The number of amides is 1. The number of rotatable bonds is 10. The number of aryl methyl sites for hydroxylation is 2. The van der Waals surface area contributed by atoms with E-state index in [2.05, 4.69) is 59.5 Å². The van der Waals surface area contributed by atoms with E-state index in [0.717, 1.165) is 37.6 Å². The zero-order valence-corrected chi connectivity index (χ0v) is 28.3. The number of hydrogen-bond acceptors (Lipinski definition) is 6. The second-order valence-corrected chi connectivity index (χ2v) is 11.9. The summed E-state index contributed by atoms with van der Waals surface area (Å²) in [5.74, 6) is 0.209. The molecule has 1 heterocycles. The van der Waals surface area contributed by atoms with E-state index in [1.807, 2.05) is 58.0 Å². The molecule has 0 spiro atoms. The molecule has 0 unspecified atom stereocenters. The zero-order chi connectivity index (χ0) is 32.1. The first-order valence-electron chi connectivity index (χ1n) is 14.3. The molecule has 1 aromatic heterocycles. The average Bonchev–Trinajstić information content (AvgIpc) is 3.40. The van der Waals surface area contributed by atoms with Gasteiger partial charge in [-0.2, -0.15) is 5.10 Å². The van der Waals surface area contributed by atoms with Gasteiger partial charge in [-0.05, 0) is 91.1 Å². The van der Waals surface area contributed by atoms with Crippen LogP contribution in [0.15, 0.2) is 86.8 Å². The number of carbonyl (C=O) groups excluding carboxylic acids is 2. The van der Waals surface area contributed by atoms with Gasteiger partial charge in [0.25, 0.3) is 5.91 Å². The highest BCUT2D eigenvalue weighted by Crippen LogP contribution is 2.36. The summed E-state index contributed by atoms with van der Waals surface area (Å²) in [4.78, 5) is 30.1. The van der Waals surface area contributed by atoms with Crippen molar-refractivity contribution in [1.82, 2.24) is 10.4 Å². The molecule has 0 saturated heterocycles. The van der Waals surface area contributed by atoms with Gasteiger partial charge in [-0.3, -0.25) is 4.79 Å². The van der Waals surface area contributed by atoms with Crippen LogP contribution in [-0.4, -0.2) is 36.3 Å². The summed E-state index contributed by atoms with van der Waals surface area (Å²) in [6, 6.07) is 22.3. The first-order chi connectivity index (χ1) is 21.7. The van der Waals surface area contributed by atoms with Gasteiger partial charge < -0.3 is 19.2 Å². The predicted octanol–water partition coefficient (Wildman–Crippen LogP) is 8.76. The second kappa shape index (κ2) is 14.1. The molecule has 230 valence electrons. The maximum absolute atomic E-state index is 13.6. The number of hydrogen-bond donors (Lipinski definition) is 2. The van der Waals surface area contributed by atoms with Crippen LogP contribution < -0.4 is 19.6 Å². The third kappa shape index (κ3) is 7.13. The van der Waals surface area contributed by atoms with Crippen molar-refractivity contribution in [2.24, 2.45) is 5.10 Å². The van der Waals surface area contributed by atoms with Gasteiger partial charge in [0.15, 0.2) is 17.2 Å². The van der Waals surface area contributed by atoms with E-state index in [-0.39, 0.29) is 11.3 Å². The van der Waals surface area contributed by atoms with Crippen molar-refractivity contribution in [3.05, 3.63) is 110 Å². The van der Waals surface area contributed by atoms with Crippen LogP contribution in [0, 0.1) is 13.8 Å². The summed E-state index contributed by atoms with van der Waals surface area (Å²) in [6.07, 6.45) is 1.43. The number of benzene rings is 4. The maximum atomic E-state index is 13.6. The SMILES string of the molecule is CCOc1ccc(C(=O)Oc2c(Br)cc(Br)cc2C=NNC(=O)c2[nH]c3c(C)cc(C)cc3c2-c2ccccc2)cc1OCC. The van der Waals surface area contributed by atoms with Gasteiger partial charge in [-0.15, -0.1) is 0 Å². The van der Waals surface area contributed by atoms with Crippen molar-refractivity contribution >= 4 is 60.9 Å². The molecule has 0 saturated carbocycles. The van der Waals surface area contributed by atoms with E-state index in [4.69, 9.17) is 14.2 Å². The normalized spacial score (nSPS) is 11.2. The van der Waals surface area contributed by atoms with Gasteiger partial charge in [0.1, 0.15) is 5.69 Å². The number of esters is 1. The molecule has 0 bridgehead atoms. The first-order valence-corrected chi connectivity index (χ1v) is 15.9. The highest BCUT2D eigenvalue weighted by molar-refractivity contribution is 9.11. The van der Waals surface area contributed by atoms with Crippen LogP contribution in [0.1, 0.15) is 51.4 Å². The monoisotopic (exact) mass is 731 g/mol. The molecule has 45 heavy (non-hydrogen) atoms. The number of nitrogens with one attached hydrogen (secondary N) is 2. The van der Waals surface area contributed by atoms with Crippen molar-refractivity contribution in [1.29, 1.82) is 0 Å². The van der Waals surface area contributed by atoms with Crippen molar-refractivity contribution in [2.75, 3.05) is 13.2 Å². The summed E-state index contributed by atoms with van der Waals surface area (Å²) in [7, 11) is 0. The number of aromatic nitrogens is 1. The summed E-state index contributed by atoms with van der Waals surface area (Å²) in [5, 5.41) is 5.20. The van der Waals surface area contributed by atoms with Crippen LogP contribution >= 0.6 is 31.9 Å². The molecule has 5 rings (SSSR count). The molecule has 8 nitrogen and oxygen atoms in total. The number of H-pyrrole nitrogens is 1. The maximum Gasteiger partial charge on any atom is 0.343 e. The molecular weight excluding hydrogens is 702 g/mol. The quantitative estimate of drug-likeness (QED) is 0.0647. The number of carbonyl (C=O) groups is 2. The van der Waals surface area contributed by atoms with Crippen molar-refractivity contribution < 1.29 is 23.8 Å². The number of ether oxygens (including phenoxy) is 3. The van der Waals surface area contributed by atoms with Crippen molar-refractivity contribution in [3.8, 4) is 28.4 Å². The Kier molecular flexibility index (Phi) is 10.0. The van der Waals surface area contributed by atoms with Gasteiger partial charge in [-0.25, -0.2) is 10.2 Å². The molecule has 0 aliphatic rings. The van der Waals surface area contributed by atoms with E-state index in [1.54, 1.807) is 30.3 Å². The van der Waals surface area contributed by atoms with Crippen LogP contribution in [-0.2, 0) is 0 Å². The van der Waals surface area contributed by atoms with Gasteiger partial charge in [0.05, 0.1) is 29.5 Å². The lowest BCUT2D eigenvalue weighted by molar-refractivity contribution is 0.0732. The van der Waals surface area contributed by atoms with Crippen LogP contribution in [0.5, 0.6) is 17.2 Å². The number of hydrazone groups is 1. The van der Waals surface area contributed by atoms with E-state index in [9.17, 15) is 9.59 Å². The summed E-state index contributed by atoms with van der Waals surface area (Å²) >= 11 is 6.97. The fourth-order valence-electron chi connectivity index (χ4n) is 5.06. The molecule has 10 heteroatoms. The number of halogens is 2. The minimum Gasteiger partial charge on any atom is -0.490 e. The molecule has 4 aromatic carbocycles. The third-order valence-electron chi connectivity index (χ3n) is 6.92. The minimum absolute atomic E-state index is 0.231. The van der Waals surface area contributed by atoms with Gasteiger partial charge in [-0.1, -0.05) is 57.9 Å². The van der Waals surface area contributed by atoms with Crippen molar-refractivity contribution in [2.45, 2.75) is 27.7 Å². The molecule has 0 fully saturated rings. The van der Waals surface area contributed by atoms with Crippen LogP contribution in [0.25, 0.3) is 22.0 Å². The van der Waals surface area contributed by atoms with Crippen LogP contribution in [0.2, 0.25) is 0 Å². The van der Waals surface area contributed by atoms with E-state index in [0.29, 0.717) is 40.4 Å². The summed E-state index contributed by atoms with van der Waals surface area (Å²) < 4.78 is 18.3. The largest absolute Gasteiger partial charge is 0.490 e. The third-order valence-corrected chi connectivity index (χ3v) is 7.97. The Hall–Kier alpha value is -4.41. The Morgan fingerprint density at radius 3 is 2.38 bits per heavy atom. The second-order valence-electron chi connectivity index (χ2n) is 10.2. The number of nitrogens with zero attached hydrogens (tertiary/aromatic N) is 1. The topological polar surface area (TPSA) is 102 Å². The zero-order valence-electron chi connectivity index (χ0n) is 25.2. The molecule has 0 aliphatic heterocycles. The molecule has 0 aliphatic carbocycles. The van der Waals surface area contributed by atoms with Crippen LogP contribution in [0.4, 0.5) is 0 Å². The Labute approximate surface area is 278 Å². The molecular formula is C35H31Br2N3O5. The van der Waals surface area contributed by atoms with E-state index >= 15 is 0 Å². The average molecular weight is 733 g/mol. The van der Waals surface area contributed by atoms with E-state index < -0.39 is 11.9 Å². The Balaban J connectivity index is 1.43. The van der Waals surface area contributed by atoms with Crippen LogP contribution in [0.3, 0.4) is 0 Å². The number of aromatic amines is 1. The lowest BCUT2D eigenvalue weighted by Gasteiger charge is -2.13. The summed E-state index contributed by atoms with van der Waals surface area (Å²) in [6.45, 7) is 8.65. The Morgan fingerprint density at radius 1 is 0.911 bits per heavy atom. The lowest BCUT2D eigenvalue weighted by Crippen LogP contribution is -2.19. The molecule has 0 radical (unpaired) electrons. The highest BCUT2D eigenvalue weighted by atomic mass is 79.9. The molecule has 2 N–H and O–H groups in total. The first kappa shape index (κ1) is 32.0. The number of fused-ring (bicyclic) bond motifs is 1. The molecule has 5 aromatic rings. The highest BCUT2D eigenvalue weighted by Gasteiger charge is 2.21. The molecule has 1 amide bonds. The molecule has 0 atom stereocenters. The standard InChI is InChI=1S/C35H31Br2N3O5/c1-5-43-28-13-12-23(17-29(28)44-6-2)35(42)45-33-24(16-25(36)18-27(33)37)19-38-40-34(41)32-30(22-10-8-7-9-11-22)26-15-20(3)14-21(4)31(26)39-32/h7-19,39H,5-6H2,1-4H3,(H,40,41). The lowest BCUT2D eigenvalue weighted by atomic mass is 9.99. The smallest absolute Gasteiger partial charge is 0.343 e. The Bertz CT molecular complexity index is 1920. The predicted molar refractivity (Wildman–Crippen MR) is 184 cm³/mol. The summed E-state index contributed by atoms with van der Waals surface area (Å²) in [5.41, 5.74) is 8.51. The van der Waals surface area contributed by atoms with Gasteiger partial charge in [0, 0.05) is 26.5 Å². The fraction of sp³-hybridized carbons (Fsp3) is 0.171. The minimum atomic E-state index is -0.600. The van der Waals surface area contributed by atoms with Gasteiger partial charge >= 0.3 is 5.97 Å². The fourth-order valence-corrected chi connectivity index (χ4v) is 6.40.